The van der Waals surface area contributed by atoms with Gasteiger partial charge in [0.1, 0.15) is 6.61 Å². The Bertz CT molecular complexity index is 3960. The lowest BCUT2D eigenvalue weighted by molar-refractivity contribution is 0.0887. The number of hydrogen-bond acceptors (Lipinski definition) is 4. The van der Waals surface area contributed by atoms with Gasteiger partial charge in [-0.1, -0.05) is 48.5 Å². The van der Waals surface area contributed by atoms with Gasteiger partial charge in [0.25, 0.3) is 5.91 Å². The highest BCUT2D eigenvalue weighted by Gasteiger charge is 2.29. The van der Waals surface area contributed by atoms with Crippen molar-refractivity contribution in [2.75, 3.05) is 12.0 Å². The summed E-state index contributed by atoms with van der Waals surface area (Å²) in [5.41, 5.74) is 10.4. The van der Waals surface area contributed by atoms with Crippen LogP contribution in [-0.4, -0.2) is 23.5 Å². The highest BCUT2D eigenvalue weighted by molar-refractivity contribution is 5.97. The lowest BCUT2D eigenvalue weighted by Crippen LogP contribution is -2.31. The maximum absolute atomic E-state index is 13.5. The first kappa shape index (κ1) is 51.2. The summed E-state index contributed by atoms with van der Waals surface area (Å²) in [5, 5.41) is 0. The molecule has 0 spiro atoms. The van der Waals surface area contributed by atoms with E-state index in [9.17, 15) is 9.59 Å². The number of hydrazine groups is 1. The quantitative estimate of drug-likeness (QED) is 0.229. The Balaban J connectivity index is 1.38. The summed E-state index contributed by atoms with van der Waals surface area (Å²) in [5.74, 6) is 97.8. The number of hydrogen-bond donors (Lipinski definition) is 2. The summed E-state index contributed by atoms with van der Waals surface area (Å²) < 4.78 is 5.58. The number of carbonyl (C=O) groups excluding carboxylic acids is 2. The molecule has 3 aromatic carbocycles. The molecule has 3 aromatic rings. The van der Waals surface area contributed by atoms with E-state index in [0.717, 1.165) is 27.2 Å². The van der Waals surface area contributed by atoms with Gasteiger partial charge >= 0.3 is 6.09 Å². The molecule has 0 aromatic heterocycles. The average molecular weight is 902 g/mol. The minimum atomic E-state index is -0.683. The Morgan fingerprint density at radius 3 is 1.06 bits per heavy atom. The second kappa shape index (κ2) is 33.1. The van der Waals surface area contributed by atoms with Crippen LogP contribution >= 0.6 is 0 Å². The van der Waals surface area contributed by atoms with E-state index in [4.69, 9.17) is 17.6 Å². The van der Waals surface area contributed by atoms with Crippen molar-refractivity contribution < 1.29 is 14.3 Å². The van der Waals surface area contributed by atoms with E-state index in [1.165, 1.54) is 12.1 Å². The van der Waals surface area contributed by atoms with Crippen molar-refractivity contribution in [3.8, 4) is 273 Å². The summed E-state index contributed by atoms with van der Waals surface area (Å²) in [6.07, 6.45) is 9.27. The van der Waals surface area contributed by atoms with Crippen molar-refractivity contribution in [1.82, 2.24) is 10.3 Å². The second-order valence-electron chi connectivity index (χ2n) is 12.1. The van der Waals surface area contributed by atoms with E-state index < -0.39 is 12.0 Å². The molecule has 0 saturated heterocycles. The Kier molecular flexibility index (Phi) is 23.5. The van der Waals surface area contributed by atoms with Crippen LogP contribution in [0.25, 0.3) is 11.1 Å². The molecule has 2 N–H and O–H groups in total. The topological polar surface area (TPSA) is 70.7 Å². The van der Waals surface area contributed by atoms with Crippen LogP contribution in [0.2, 0.25) is 0 Å². The van der Waals surface area contributed by atoms with E-state index in [0.29, 0.717) is 5.69 Å². The number of anilines is 1. The first-order valence-corrected chi connectivity index (χ1v) is 19.9. The number of rotatable bonds is 5. The van der Waals surface area contributed by atoms with Crippen molar-refractivity contribution >= 4 is 17.7 Å². The molecule has 0 bridgehead atoms. The number of nitrogens with zero attached hydrogens (tertiary/aromatic N) is 1. The third-order valence-corrected chi connectivity index (χ3v) is 7.72. The lowest BCUT2D eigenvalue weighted by atomic mass is 9.98. The molecular weight excluding hydrogens is 883 g/mol. The first-order valence-electron chi connectivity index (χ1n) is 19.9. The first-order chi connectivity index (χ1) is 35.6. The maximum atomic E-state index is 13.5. The predicted octanol–water partition coefficient (Wildman–Crippen LogP) is 4.24. The van der Waals surface area contributed by atoms with Gasteiger partial charge in [0.15, 0.2) is 0 Å². The van der Waals surface area contributed by atoms with Gasteiger partial charge in [0.2, 0.25) is 0 Å². The zero-order valence-electron chi connectivity index (χ0n) is 37.0. The molecule has 6 nitrogen and oxygen atoms in total. The van der Waals surface area contributed by atoms with Gasteiger partial charge in [-0.3, -0.25) is 10.2 Å². The molecule has 72 heavy (non-hydrogen) atoms. The normalized spacial score (nSPS) is 7.25. The fourth-order valence-electron chi connectivity index (χ4n) is 5.01. The Morgan fingerprint density at radius 1 is 0.417 bits per heavy atom. The van der Waals surface area contributed by atoms with Crippen molar-refractivity contribution in [3.63, 3.8) is 0 Å². The van der Waals surface area contributed by atoms with Crippen molar-refractivity contribution in [3.05, 3.63) is 89.5 Å². The number of terminal acetylenes is 2. The van der Waals surface area contributed by atoms with Crippen LogP contribution in [0.5, 0.6) is 0 Å². The van der Waals surface area contributed by atoms with Crippen LogP contribution in [0.4, 0.5) is 10.5 Å². The van der Waals surface area contributed by atoms with Gasteiger partial charge in [-0.05, 0) is 141 Å². The summed E-state index contributed by atoms with van der Waals surface area (Å²) in [6.45, 7) is 0.138. The van der Waals surface area contributed by atoms with Crippen LogP contribution in [0.3, 0.4) is 0 Å². The second-order valence-corrected chi connectivity index (χ2v) is 12.1. The molecule has 1 aliphatic carbocycles. The number of amides is 2. The van der Waals surface area contributed by atoms with Gasteiger partial charge in [-0.25, -0.2) is 10.2 Å². The third kappa shape index (κ3) is 20.4. The minimum Gasteiger partial charge on any atom is -0.447 e. The molecule has 0 unspecified atom stereocenters. The summed E-state index contributed by atoms with van der Waals surface area (Å²) >= 11 is 0. The lowest BCUT2D eigenvalue weighted by Gasteiger charge is -2.15. The van der Waals surface area contributed by atoms with Crippen molar-refractivity contribution in [2.45, 2.75) is 5.92 Å². The number of fused-ring (bicyclic) bond motifs is 3. The Hall–Kier alpha value is -13.5. The fourth-order valence-corrected chi connectivity index (χ4v) is 5.01. The molecule has 0 atom stereocenters. The van der Waals surface area contributed by atoms with E-state index in [1.54, 1.807) is 12.1 Å². The van der Waals surface area contributed by atoms with E-state index in [-0.39, 0.29) is 18.1 Å². The molecule has 6 heteroatoms. The molecule has 2 amide bonds. The number of nitrogens with one attached hydrogen (secondary N) is 2. The molecule has 4 rings (SSSR count). The predicted molar refractivity (Wildman–Crippen MR) is 278 cm³/mol. The van der Waals surface area contributed by atoms with Crippen LogP contribution in [0.1, 0.15) is 27.4 Å². The number of benzene rings is 3. The molecule has 0 saturated carbocycles. The maximum Gasteiger partial charge on any atom is 0.425 e. The van der Waals surface area contributed by atoms with Gasteiger partial charge in [-0.15, -0.1) is 12.8 Å². The highest BCUT2D eigenvalue weighted by Crippen LogP contribution is 2.44. The van der Waals surface area contributed by atoms with Gasteiger partial charge in [0.05, 0.1) is 5.69 Å². The smallest absolute Gasteiger partial charge is 0.425 e. The molecule has 0 fully saturated rings. The zero-order chi connectivity index (χ0) is 50.8. The van der Waals surface area contributed by atoms with Gasteiger partial charge in [-0.2, -0.15) is 4.90 Å². The molecule has 0 heterocycles. The van der Waals surface area contributed by atoms with Gasteiger partial charge < -0.3 is 4.74 Å². The van der Waals surface area contributed by atoms with E-state index in [2.05, 4.69) is 272 Å². The largest absolute Gasteiger partial charge is 0.447 e. The van der Waals surface area contributed by atoms with E-state index in [1.807, 2.05) is 36.4 Å². The molecular formula is C66H19N3O3. The zero-order valence-corrected chi connectivity index (χ0v) is 37.0. The minimum absolute atomic E-state index is 0.100. The van der Waals surface area contributed by atoms with Crippen LogP contribution in [-0.2, 0) is 4.74 Å². The number of ether oxygens (including phenoxy) is 1. The summed E-state index contributed by atoms with van der Waals surface area (Å²) in [4.78, 5) is 27.1. The summed E-state index contributed by atoms with van der Waals surface area (Å²) in [7, 11) is 0. The van der Waals surface area contributed by atoms with Crippen LogP contribution in [0.15, 0.2) is 72.8 Å². The standard InChI is InChI=1S/C66H19N3O3/c1-3-5-7-9-11-13-15-17-19-21-23-25-27-29-31-33-35-37-39-45-55-69(56-46-40-38-36-34-32-30-28-26-24-22-20-18-16-14-12-10-8-6-4-2)65(70)58-51-53-59(54-52-58)67-68-66(71)72-57-64-62-49-43-41-47-60(62)61-48-42-44-50-63(61)64/h1-2,41-44,47-54,64,67H,57H2,(H,68,71). The van der Waals surface area contributed by atoms with Crippen molar-refractivity contribution in [2.24, 2.45) is 0 Å². The highest BCUT2D eigenvalue weighted by atomic mass is 16.6. The monoisotopic (exact) mass is 901 g/mol. The van der Waals surface area contributed by atoms with Crippen LogP contribution in [0, 0.1) is 262 Å². The summed E-state index contributed by atoms with van der Waals surface area (Å²) in [6, 6.07) is 27.4. The fraction of sp³-hybridized carbons (Fsp3) is 0.0303. The van der Waals surface area contributed by atoms with Crippen LogP contribution < -0.4 is 10.9 Å². The molecule has 1 aliphatic rings. The number of carbonyl (C=O) groups is 2. The molecule has 316 valence electrons. The Morgan fingerprint density at radius 2 is 0.722 bits per heavy atom. The van der Waals surface area contributed by atoms with Gasteiger partial charge in [0, 0.05) is 166 Å². The Labute approximate surface area is 420 Å². The average Bonchev–Trinajstić information content (AvgIpc) is 3.73. The molecule has 0 aliphatic heterocycles. The van der Waals surface area contributed by atoms with E-state index >= 15 is 0 Å². The third-order valence-electron chi connectivity index (χ3n) is 7.72. The molecule has 0 radical (unpaired) electrons. The van der Waals surface area contributed by atoms with Crippen molar-refractivity contribution in [1.29, 1.82) is 0 Å². The SMILES string of the molecule is C#CC#CC#CC#CC#CC#CC#CC#CC#CC#CC#CN(C#CC#CC#CC#CC#CC#CC#CC#CC#CC#CC#C)C(=O)c1ccc(NNC(=O)OCC2c3ccccc3-c3ccccc32)cc1.